The van der Waals surface area contributed by atoms with Crippen LogP contribution in [0.1, 0.15) is 19.5 Å². The summed E-state index contributed by atoms with van der Waals surface area (Å²) in [5.41, 5.74) is 1.76. The van der Waals surface area contributed by atoms with Gasteiger partial charge < -0.3 is 9.73 Å². The van der Waals surface area contributed by atoms with Gasteiger partial charge in [0.15, 0.2) is 0 Å². The molecule has 0 unspecified atom stereocenters. The maximum absolute atomic E-state index is 6.04. The summed E-state index contributed by atoms with van der Waals surface area (Å²) >= 11 is 9.40. The van der Waals surface area contributed by atoms with E-state index in [-0.39, 0.29) is 0 Å². The molecule has 1 aromatic heterocycles. The van der Waals surface area contributed by atoms with Crippen LogP contribution in [-0.2, 0) is 6.54 Å². The molecule has 2 rings (SSSR count). The number of halogens is 2. The Bertz CT molecular complexity index is 540. The Hall–Kier alpha value is -0.840. The summed E-state index contributed by atoms with van der Waals surface area (Å²) in [7, 11) is 0. The molecule has 2 aromatic rings. The van der Waals surface area contributed by atoms with E-state index in [9.17, 15) is 0 Å². The highest BCUT2D eigenvalue weighted by Gasteiger charge is 2.08. The van der Waals surface area contributed by atoms with Gasteiger partial charge in [-0.2, -0.15) is 0 Å². The maximum atomic E-state index is 6.04. The molecular weight excluding hydrogens is 316 g/mol. The van der Waals surface area contributed by atoms with Crippen molar-refractivity contribution in [3.8, 4) is 11.5 Å². The fourth-order valence-corrected chi connectivity index (χ4v) is 1.89. The molecule has 3 nitrogen and oxygen atoms in total. The normalized spacial score (nSPS) is 11.2. The van der Waals surface area contributed by atoms with Crippen LogP contribution in [0, 0.1) is 0 Å². The van der Waals surface area contributed by atoms with E-state index in [2.05, 4.69) is 40.1 Å². The predicted octanol–water partition coefficient (Wildman–Crippen LogP) is 4.26. The third kappa shape index (κ3) is 3.34. The van der Waals surface area contributed by atoms with Gasteiger partial charge in [-0.05, 0) is 34.1 Å². The van der Waals surface area contributed by atoms with Crippen LogP contribution >= 0.6 is 27.5 Å². The van der Waals surface area contributed by atoms with E-state index in [4.69, 9.17) is 16.0 Å². The van der Waals surface area contributed by atoms with Crippen LogP contribution in [0.4, 0.5) is 0 Å². The van der Waals surface area contributed by atoms with Gasteiger partial charge >= 0.3 is 0 Å². The van der Waals surface area contributed by atoms with Gasteiger partial charge in [-0.1, -0.05) is 25.4 Å². The summed E-state index contributed by atoms with van der Waals surface area (Å²) in [5, 5.41) is 3.94. The highest BCUT2D eigenvalue weighted by molar-refractivity contribution is 9.10. The zero-order chi connectivity index (χ0) is 13.1. The molecule has 0 aliphatic carbocycles. The predicted molar refractivity (Wildman–Crippen MR) is 76.6 cm³/mol. The van der Waals surface area contributed by atoms with Crippen LogP contribution in [-0.4, -0.2) is 11.0 Å². The first-order valence-corrected chi connectivity index (χ1v) is 6.86. The van der Waals surface area contributed by atoms with Crippen molar-refractivity contribution in [1.29, 1.82) is 0 Å². The van der Waals surface area contributed by atoms with Crippen molar-refractivity contribution in [1.82, 2.24) is 10.3 Å². The largest absolute Gasteiger partial charge is 0.444 e. The Labute approximate surface area is 120 Å². The fraction of sp³-hybridized carbons (Fsp3) is 0.308. The van der Waals surface area contributed by atoms with E-state index in [1.807, 2.05) is 18.2 Å². The number of nitrogens with zero attached hydrogens (tertiary/aromatic N) is 1. The molecule has 5 heteroatoms. The van der Waals surface area contributed by atoms with Crippen molar-refractivity contribution in [3.05, 3.63) is 39.7 Å². The van der Waals surface area contributed by atoms with Crippen molar-refractivity contribution in [3.63, 3.8) is 0 Å². The van der Waals surface area contributed by atoms with E-state index >= 15 is 0 Å². The molecule has 1 aromatic carbocycles. The fourth-order valence-electron chi connectivity index (χ4n) is 1.46. The van der Waals surface area contributed by atoms with Crippen molar-refractivity contribution in [2.75, 3.05) is 0 Å². The second-order valence-electron chi connectivity index (χ2n) is 4.31. The average Bonchev–Trinajstić information content (AvgIpc) is 2.79. The van der Waals surface area contributed by atoms with Crippen LogP contribution in [0.5, 0.6) is 0 Å². The Kier molecular flexibility index (Phi) is 4.43. The van der Waals surface area contributed by atoms with Crippen LogP contribution in [0.3, 0.4) is 0 Å². The van der Waals surface area contributed by atoms with Crippen molar-refractivity contribution in [2.24, 2.45) is 0 Å². The molecule has 0 amide bonds. The molecule has 1 heterocycles. The van der Waals surface area contributed by atoms with Crippen molar-refractivity contribution < 1.29 is 4.42 Å². The van der Waals surface area contributed by atoms with Gasteiger partial charge in [-0.25, -0.2) is 4.98 Å². The van der Waals surface area contributed by atoms with Crippen LogP contribution < -0.4 is 5.32 Å². The van der Waals surface area contributed by atoms with Gasteiger partial charge in [0.25, 0.3) is 0 Å². The van der Waals surface area contributed by atoms with E-state index in [0.717, 1.165) is 15.7 Å². The Balaban J connectivity index is 2.16. The summed E-state index contributed by atoms with van der Waals surface area (Å²) in [6.45, 7) is 4.89. The number of nitrogens with one attached hydrogen (secondary N) is 1. The first kappa shape index (κ1) is 13.6. The van der Waals surface area contributed by atoms with Gasteiger partial charge in [-0.3, -0.25) is 0 Å². The maximum Gasteiger partial charge on any atom is 0.226 e. The lowest BCUT2D eigenvalue weighted by Gasteiger charge is -2.04. The van der Waals surface area contributed by atoms with Gasteiger partial charge in [-0.15, -0.1) is 0 Å². The van der Waals surface area contributed by atoms with Gasteiger partial charge in [0.1, 0.15) is 6.26 Å². The molecule has 0 saturated heterocycles. The number of hydrogen-bond acceptors (Lipinski definition) is 3. The van der Waals surface area contributed by atoms with Gasteiger partial charge in [0, 0.05) is 22.6 Å². The Morgan fingerprint density at radius 3 is 2.89 bits per heavy atom. The van der Waals surface area contributed by atoms with E-state index in [0.29, 0.717) is 23.5 Å². The minimum Gasteiger partial charge on any atom is -0.444 e. The minimum absolute atomic E-state index is 0.423. The quantitative estimate of drug-likeness (QED) is 0.911. The molecule has 18 heavy (non-hydrogen) atoms. The highest BCUT2D eigenvalue weighted by atomic mass is 79.9. The molecule has 0 fully saturated rings. The van der Waals surface area contributed by atoms with Crippen LogP contribution in [0.2, 0.25) is 5.02 Å². The third-order valence-corrected chi connectivity index (χ3v) is 3.64. The Morgan fingerprint density at radius 2 is 2.22 bits per heavy atom. The lowest BCUT2D eigenvalue weighted by Crippen LogP contribution is -2.21. The lowest BCUT2D eigenvalue weighted by molar-refractivity contribution is 0.560. The first-order chi connectivity index (χ1) is 8.56. The highest BCUT2D eigenvalue weighted by Crippen LogP contribution is 2.28. The lowest BCUT2D eigenvalue weighted by atomic mass is 10.2. The molecule has 0 radical (unpaired) electrons. The SMILES string of the molecule is CC(C)NCc1coc(-c2ccc(Br)c(Cl)c2)n1. The molecule has 96 valence electrons. The molecule has 1 N–H and O–H groups in total. The molecule has 0 atom stereocenters. The second-order valence-corrected chi connectivity index (χ2v) is 5.57. The summed E-state index contributed by atoms with van der Waals surface area (Å²) in [6, 6.07) is 6.05. The number of rotatable bonds is 4. The van der Waals surface area contributed by atoms with E-state index in [1.165, 1.54) is 0 Å². The van der Waals surface area contributed by atoms with Crippen LogP contribution in [0.25, 0.3) is 11.5 Å². The summed E-state index contributed by atoms with van der Waals surface area (Å²) in [6.07, 6.45) is 1.67. The Morgan fingerprint density at radius 1 is 1.44 bits per heavy atom. The molecule has 0 spiro atoms. The molecule has 0 aliphatic heterocycles. The zero-order valence-electron chi connectivity index (χ0n) is 10.2. The standard InChI is InChI=1S/C13H14BrClN2O/c1-8(2)16-6-10-7-18-13(17-10)9-3-4-11(14)12(15)5-9/h3-5,7-8,16H,6H2,1-2H3. The first-order valence-electron chi connectivity index (χ1n) is 5.69. The number of hydrogen-bond donors (Lipinski definition) is 1. The smallest absolute Gasteiger partial charge is 0.226 e. The third-order valence-electron chi connectivity index (χ3n) is 2.41. The average molecular weight is 330 g/mol. The number of aromatic nitrogens is 1. The van der Waals surface area contributed by atoms with Crippen molar-refractivity contribution in [2.45, 2.75) is 26.4 Å². The summed E-state index contributed by atoms with van der Waals surface area (Å²) < 4.78 is 6.31. The van der Waals surface area contributed by atoms with Gasteiger partial charge in [0.05, 0.1) is 10.7 Å². The number of benzene rings is 1. The van der Waals surface area contributed by atoms with E-state index in [1.54, 1.807) is 6.26 Å². The molecule has 0 aliphatic rings. The summed E-state index contributed by atoms with van der Waals surface area (Å²) in [4.78, 5) is 4.42. The van der Waals surface area contributed by atoms with E-state index < -0.39 is 0 Å². The summed E-state index contributed by atoms with van der Waals surface area (Å²) in [5.74, 6) is 0.588. The minimum atomic E-state index is 0.423. The second kappa shape index (κ2) is 5.87. The molecular formula is C13H14BrClN2O. The monoisotopic (exact) mass is 328 g/mol. The van der Waals surface area contributed by atoms with Gasteiger partial charge in [0.2, 0.25) is 5.89 Å². The molecule has 0 saturated carbocycles. The molecule has 0 bridgehead atoms. The van der Waals surface area contributed by atoms with Crippen molar-refractivity contribution >= 4 is 27.5 Å². The van der Waals surface area contributed by atoms with Crippen LogP contribution in [0.15, 0.2) is 33.4 Å². The zero-order valence-corrected chi connectivity index (χ0v) is 12.5. The topological polar surface area (TPSA) is 38.1 Å². The number of oxazole rings is 1.